The number of carbonyl (C=O) groups is 2. The molecule has 0 spiro atoms. The maximum atomic E-state index is 12.3. The molecule has 6 nitrogen and oxygen atoms in total. The lowest BCUT2D eigenvalue weighted by Crippen LogP contribution is -2.25. The fourth-order valence-electron chi connectivity index (χ4n) is 2.68. The molecule has 2 aromatic carbocycles. The van der Waals surface area contributed by atoms with Crippen molar-refractivity contribution in [1.82, 2.24) is 4.98 Å². The summed E-state index contributed by atoms with van der Waals surface area (Å²) in [5.74, 6) is 0.158. The molecule has 1 aromatic heterocycles. The highest BCUT2D eigenvalue weighted by Gasteiger charge is 2.17. The van der Waals surface area contributed by atoms with Crippen molar-refractivity contribution < 1.29 is 14.3 Å². The molecule has 0 aliphatic carbocycles. The van der Waals surface area contributed by atoms with Gasteiger partial charge in [-0.3, -0.25) is 9.59 Å². The first-order valence-corrected chi connectivity index (χ1v) is 9.40. The van der Waals surface area contributed by atoms with Crippen LogP contribution in [0, 0.1) is 0 Å². The number of nitrogens with zero attached hydrogens (tertiary/aromatic N) is 1. The lowest BCUT2D eigenvalue weighted by molar-refractivity contribution is -0.118. The SMILES string of the molecule is O=C(Cc1csc(-c2ccccc2Cl)n1)Nc1ccc2c(c1)NC(=O)CO2. The molecule has 0 atom stereocenters. The summed E-state index contributed by atoms with van der Waals surface area (Å²) in [6, 6.07) is 12.6. The van der Waals surface area contributed by atoms with Gasteiger partial charge in [0.25, 0.3) is 5.91 Å². The second-order valence-corrected chi connectivity index (χ2v) is 7.16. The Labute approximate surface area is 164 Å². The normalized spacial score (nSPS) is 12.7. The molecule has 0 bridgehead atoms. The second-order valence-electron chi connectivity index (χ2n) is 5.90. The van der Waals surface area contributed by atoms with E-state index in [0.29, 0.717) is 27.8 Å². The fourth-order valence-corrected chi connectivity index (χ4v) is 3.82. The molecular formula is C19H14ClN3O3S. The van der Waals surface area contributed by atoms with Gasteiger partial charge in [0.1, 0.15) is 10.8 Å². The molecule has 2 amide bonds. The minimum Gasteiger partial charge on any atom is -0.482 e. The smallest absolute Gasteiger partial charge is 0.262 e. The van der Waals surface area contributed by atoms with Crippen LogP contribution in [-0.2, 0) is 16.0 Å². The topological polar surface area (TPSA) is 80.3 Å². The van der Waals surface area contributed by atoms with Crippen LogP contribution in [0.5, 0.6) is 5.75 Å². The monoisotopic (exact) mass is 399 g/mol. The first-order chi connectivity index (χ1) is 13.1. The number of amides is 2. The van der Waals surface area contributed by atoms with Gasteiger partial charge < -0.3 is 15.4 Å². The van der Waals surface area contributed by atoms with Crippen LogP contribution in [-0.4, -0.2) is 23.4 Å². The molecule has 0 unspecified atom stereocenters. The molecule has 27 heavy (non-hydrogen) atoms. The number of benzene rings is 2. The van der Waals surface area contributed by atoms with Crippen LogP contribution in [0.4, 0.5) is 11.4 Å². The third kappa shape index (κ3) is 3.94. The van der Waals surface area contributed by atoms with Gasteiger partial charge in [-0.15, -0.1) is 11.3 Å². The molecule has 0 radical (unpaired) electrons. The quantitative estimate of drug-likeness (QED) is 0.695. The van der Waals surface area contributed by atoms with Gasteiger partial charge >= 0.3 is 0 Å². The molecule has 2 heterocycles. The van der Waals surface area contributed by atoms with E-state index in [-0.39, 0.29) is 24.8 Å². The van der Waals surface area contributed by atoms with Gasteiger partial charge in [-0.05, 0) is 24.3 Å². The molecule has 0 fully saturated rings. The van der Waals surface area contributed by atoms with Gasteiger partial charge in [-0.1, -0.05) is 29.8 Å². The van der Waals surface area contributed by atoms with Gasteiger partial charge in [-0.2, -0.15) is 0 Å². The molecule has 3 aromatic rings. The van der Waals surface area contributed by atoms with Gasteiger partial charge in [0, 0.05) is 16.6 Å². The van der Waals surface area contributed by atoms with Crippen molar-refractivity contribution in [3.63, 3.8) is 0 Å². The molecule has 0 saturated carbocycles. The Morgan fingerprint density at radius 3 is 3.00 bits per heavy atom. The molecule has 0 saturated heterocycles. The predicted octanol–water partition coefficient (Wildman–Crippen LogP) is 3.98. The number of fused-ring (bicyclic) bond motifs is 1. The van der Waals surface area contributed by atoms with Crippen LogP contribution < -0.4 is 15.4 Å². The van der Waals surface area contributed by atoms with Crippen molar-refractivity contribution >= 4 is 46.1 Å². The highest BCUT2D eigenvalue weighted by Crippen LogP contribution is 2.31. The molecule has 1 aliphatic rings. The molecule has 2 N–H and O–H groups in total. The van der Waals surface area contributed by atoms with Gasteiger partial charge in [-0.25, -0.2) is 4.98 Å². The largest absolute Gasteiger partial charge is 0.482 e. The standard InChI is InChI=1S/C19H14ClN3O3S/c20-14-4-2-1-3-13(14)19-22-12(10-27-19)8-17(24)21-11-5-6-16-15(7-11)23-18(25)9-26-16/h1-7,10H,8-9H2,(H,21,24)(H,23,25). The van der Waals surface area contributed by atoms with E-state index >= 15 is 0 Å². The summed E-state index contributed by atoms with van der Waals surface area (Å²) in [5.41, 5.74) is 2.63. The highest BCUT2D eigenvalue weighted by atomic mass is 35.5. The van der Waals surface area contributed by atoms with Gasteiger partial charge in [0.2, 0.25) is 5.91 Å². The van der Waals surface area contributed by atoms with Crippen molar-refractivity contribution in [3.8, 4) is 16.3 Å². The summed E-state index contributed by atoms with van der Waals surface area (Å²) >= 11 is 7.64. The van der Waals surface area contributed by atoms with Crippen LogP contribution >= 0.6 is 22.9 Å². The number of ether oxygens (including phenoxy) is 1. The predicted molar refractivity (Wildman–Crippen MR) is 105 cm³/mol. The van der Waals surface area contributed by atoms with E-state index in [9.17, 15) is 9.59 Å². The van der Waals surface area contributed by atoms with Crippen LogP contribution in [0.1, 0.15) is 5.69 Å². The van der Waals surface area contributed by atoms with E-state index in [1.165, 1.54) is 11.3 Å². The van der Waals surface area contributed by atoms with Crippen molar-refractivity contribution in [2.45, 2.75) is 6.42 Å². The van der Waals surface area contributed by atoms with E-state index in [1.54, 1.807) is 18.2 Å². The maximum absolute atomic E-state index is 12.3. The Morgan fingerprint density at radius 1 is 1.30 bits per heavy atom. The molecule has 8 heteroatoms. The number of rotatable bonds is 4. The number of nitrogens with one attached hydrogen (secondary N) is 2. The zero-order valence-corrected chi connectivity index (χ0v) is 15.6. The van der Waals surface area contributed by atoms with E-state index in [2.05, 4.69) is 15.6 Å². The van der Waals surface area contributed by atoms with Crippen molar-refractivity contribution in [3.05, 3.63) is 58.6 Å². The van der Waals surface area contributed by atoms with Crippen LogP contribution in [0.2, 0.25) is 5.02 Å². The minimum atomic E-state index is -0.222. The first-order valence-electron chi connectivity index (χ1n) is 8.14. The summed E-state index contributed by atoms with van der Waals surface area (Å²) in [4.78, 5) is 28.2. The van der Waals surface area contributed by atoms with E-state index < -0.39 is 0 Å². The fraction of sp³-hybridized carbons (Fsp3) is 0.105. The summed E-state index contributed by atoms with van der Waals surface area (Å²) < 4.78 is 5.30. The minimum absolute atomic E-state index is 0.00368. The number of carbonyl (C=O) groups excluding carboxylic acids is 2. The summed E-state index contributed by atoms with van der Waals surface area (Å²) in [5, 5.41) is 8.77. The maximum Gasteiger partial charge on any atom is 0.262 e. The molecule has 1 aliphatic heterocycles. The number of aromatic nitrogens is 1. The highest BCUT2D eigenvalue weighted by molar-refractivity contribution is 7.13. The van der Waals surface area contributed by atoms with Crippen molar-refractivity contribution in [1.29, 1.82) is 0 Å². The number of halogens is 1. The number of anilines is 2. The van der Waals surface area contributed by atoms with Crippen LogP contribution in [0.3, 0.4) is 0 Å². The summed E-state index contributed by atoms with van der Waals surface area (Å²) in [7, 11) is 0. The number of hydrogen-bond donors (Lipinski definition) is 2. The van der Waals surface area contributed by atoms with Crippen LogP contribution in [0.25, 0.3) is 10.6 Å². The first kappa shape index (κ1) is 17.5. The van der Waals surface area contributed by atoms with Gasteiger partial charge in [0.05, 0.1) is 22.8 Å². The number of thiazole rings is 1. The third-order valence-corrected chi connectivity index (χ3v) is 5.15. The second kappa shape index (κ2) is 7.38. The van der Waals surface area contributed by atoms with Gasteiger partial charge in [0.15, 0.2) is 6.61 Å². The molecule has 4 rings (SSSR count). The zero-order chi connectivity index (χ0) is 18.8. The Kier molecular flexibility index (Phi) is 4.79. The molecular weight excluding hydrogens is 386 g/mol. The Morgan fingerprint density at radius 2 is 2.15 bits per heavy atom. The zero-order valence-electron chi connectivity index (χ0n) is 14.0. The summed E-state index contributed by atoms with van der Waals surface area (Å²) in [6.07, 6.45) is 0.140. The van der Waals surface area contributed by atoms with Crippen LogP contribution in [0.15, 0.2) is 47.8 Å². The number of hydrogen-bond acceptors (Lipinski definition) is 5. The Bertz CT molecular complexity index is 1030. The Balaban J connectivity index is 1.44. The van der Waals surface area contributed by atoms with E-state index in [0.717, 1.165) is 10.6 Å². The lowest BCUT2D eigenvalue weighted by Gasteiger charge is -2.18. The third-order valence-electron chi connectivity index (χ3n) is 3.89. The Hall–Kier alpha value is -2.90. The van der Waals surface area contributed by atoms with E-state index in [1.807, 2.05) is 29.6 Å². The average molecular weight is 400 g/mol. The van der Waals surface area contributed by atoms with Crippen molar-refractivity contribution in [2.75, 3.05) is 17.2 Å². The van der Waals surface area contributed by atoms with E-state index in [4.69, 9.17) is 16.3 Å². The molecule has 136 valence electrons. The lowest BCUT2D eigenvalue weighted by atomic mass is 10.2. The summed E-state index contributed by atoms with van der Waals surface area (Å²) in [6.45, 7) is -0.00368. The van der Waals surface area contributed by atoms with Crippen molar-refractivity contribution in [2.24, 2.45) is 0 Å². The average Bonchev–Trinajstić information content (AvgIpc) is 3.09.